The van der Waals surface area contributed by atoms with Gasteiger partial charge in [-0.3, -0.25) is 4.79 Å². The Morgan fingerprint density at radius 2 is 1.58 bits per heavy atom. The van der Waals surface area contributed by atoms with Crippen LogP contribution in [0.25, 0.3) is 0 Å². The SMILES string of the molecule is CC(C)(O)[C@H]1CC[C@@](C)([C@H]2CC[C@]3(C)[C@@H]2[C@H](O)C[C@@H]2[C@@]4(C)CC[C@H](NC(=O)c5ccccc5O)C(C)(C)[C@@H]4CC[C@]23C)O1. The molecule has 0 unspecified atom stereocenters. The van der Waals surface area contributed by atoms with E-state index in [-0.39, 0.29) is 63.1 Å². The van der Waals surface area contributed by atoms with Crippen molar-refractivity contribution in [2.45, 2.75) is 143 Å². The van der Waals surface area contributed by atoms with Crippen LogP contribution in [0, 0.1) is 45.3 Å². The summed E-state index contributed by atoms with van der Waals surface area (Å²) in [6.45, 7) is 18.2. The van der Waals surface area contributed by atoms with Gasteiger partial charge in [0.15, 0.2) is 0 Å². The summed E-state index contributed by atoms with van der Waals surface area (Å²) in [5.74, 6) is 1.14. The Labute approximate surface area is 259 Å². The number of carbonyl (C=O) groups excluding carboxylic acids is 1. The summed E-state index contributed by atoms with van der Waals surface area (Å²) in [6.07, 6.45) is 8.47. The van der Waals surface area contributed by atoms with Crippen molar-refractivity contribution >= 4 is 5.91 Å². The van der Waals surface area contributed by atoms with Gasteiger partial charge in [-0.25, -0.2) is 0 Å². The Morgan fingerprint density at radius 1 is 0.907 bits per heavy atom. The van der Waals surface area contributed by atoms with E-state index in [9.17, 15) is 20.1 Å². The summed E-state index contributed by atoms with van der Waals surface area (Å²) in [5.41, 5.74) is -0.754. The highest BCUT2D eigenvalue weighted by Crippen LogP contribution is 2.76. The fourth-order valence-corrected chi connectivity index (χ4v) is 12.2. The first-order chi connectivity index (χ1) is 19.9. The van der Waals surface area contributed by atoms with Crippen molar-refractivity contribution in [3.05, 3.63) is 29.8 Å². The number of ether oxygens (including phenoxy) is 1. The number of benzene rings is 1. The van der Waals surface area contributed by atoms with Gasteiger partial charge in [-0.2, -0.15) is 0 Å². The largest absolute Gasteiger partial charge is 0.507 e. The second kappa shape index (κ2) is 9.93. The van der Waals surface area contributed by atoms with Gasteiger partial charge in [0, 0.05) is 6.04 Å². The Bertz CT molecular complexity index is 1260. The molecule has 0 aromatic heterocycles. The summed E-state index contributed by atoms with van der Waals surface area (Å²) in [4.78, 5) is 13.3. The van der Waals surface area contributed by atoms with E-state index >= 15 is 0 Å². The van der Waals surface area contributed by atoms with Crippen LogP contribution in [0.2, 0.25) is 0 Å². The van der Waals surface area contributed by atoms with Crippen molar-refractivity contribution in [3.8, 4) is 5.75 Å². The van der Waals surface area contributed by atoms with Crippen LogP contribution in [0.5, 0.6) is 5.75 Å². The number of hydrogen-bond donors (Lipinski definition) is 4. The highest BCUT2D eigenvalue weighted by atomic mass is 16.5. The number of carbonyl (C=O) groups is 1. The maximum Gasteiger partial charge on any atom is 0.255 e. The van der Waals surface area contributed by atoms with E-state index in [2.05, 4.69) is 46.9 Å². The van der Waals surface area contributed by atoms with Crippen LogP contribution in [0.15, 0.2) is 24.3 Å². The van der Waals surface area contributed by atoms with Crippen LogP contribution < -0.4 is 5.32 Å². The van der Waals surface area contributed by atoms with E-state index in [1.807, 2.05) is 13.8 Å². The second-order valence-electron chi connectivity index (χ2n) is 17.5. The van der Waals surface area contributed by atoms with Crippen LogP contribution in [-0.2, 0) is 4.74 Å². The Hall–Kier alpha value is -1.63. The van der Waals surface area contributed by atoms with Crippen LogP contribution in [0.4, 0.5) is 0 Å². The van der Waals surface area contributed by atoms with Crippen LogP contribution >= 0.6 is 0 Å². The number of amides is 1. The van der Waals surface area contributed by atoms with Gasteiger partial charge in [0.05, 0.1) is 29.0 Å². The van der Waals surface area contributed by atoms with Gasteiger partial charge in [-0.15, -0.1) is 0 Å². The van der Waals surface area contributed by atoms with Gasteiger partial charge in [-0.1, -0.05) is 46.8 Å². The standard InChI is InChI=1S/C37H57NO5/c1-32(2)26-14-19-35(6)27(34(26,5)17-15-28(32)38-31(41)22-11-9-10-12-24(22)39)21-25(40)30-23(13-18-36(30,35)7)37(8)20-16-29(43-37)33(3,4)42/h9-12,23,25-30,39-40,42H,13-21H2,1-8H3,(H,38,41)/t23-,25+,26-,27+,28-,29+,30-,34-,35+,36+,37-/m0/s1. The molecule has 5 fully saturated rings. The van der Waals surface area contributed by atoms with Crippen molar-refractivity contribution in [1.29, 1.82) is 0 Å². The summed E-state index contributed by atoms with van der Waals surface area (Å²) >= 11 is 0. The van der Waals surface area contributed by atoms with E-state index in [4.69, 9.17) is 4.74 Å². The number of phenolic OH excluding ortho intramolecular Hbond substituents is 1. The van der Waals surface area contributed by atoms with Crippen molar-refractivity contribution in [2.75, 3.05) is 0 Å². The molecule has 4 saturated carbocycles. The van der Waals surface area contributed by atoms with E-state index < -0.39 is 5.60 Å². The summed E-state index contributed by atoms with van der Waals surface area (Å²) in [6, 6.07) is 6.82. The van der Waals surface area contributed by atoms with Crippen LogP contribution in [0.1, 0.15) is 124 Å². The molecule has 1 aromatic rings. The molecule has 0 radical (unpaired) electrons. The third-order valence-electron chi connectivity index (χ3n) is 14.8. The number of fused-ring (bicyclic) bond motifs is 5. The molecular formula is C37H57NO5. The maximum atomic E-state index is 13.3. The first kappa shape index (κ1) is 31.4. The highest BCUT2D eigenvalue weighted by Gasteiger charge is 2.72. The molecular weight excluding hydrogens is 538 g/mol. The number of para-hydroxylation sites is 1. The number of phenols is 1. The third kappa shape index (κ3) is 4.47. The molecule has 4 aliphatic carbocycles. The lowest BCUT2D eigenvalue weighted by atomic mass is 9.35. The second-order valence-corrected chi connectivity index (χ2v) is 17.5. The number of rotatable bonds is 4. The summed E-state index contributed by atoms with van der Waals surface area (Å²) in [7, 11) is 0. The predicted molar refractivity (Wildman–Crippen MR) is 169 cm³/mol. The van der Waals surface area contributed by atoms with Gasteiger partial charge in [0.25, 0.3) is 5.91 Å². The predicted octanol–water partition coefficient (Wildman–Crippen LogP) is 6.86. The van der Waals surface area contributed by atoms with Crippen molar-refractivity contribution in [1.82, 2.24) is 5.32 Å². The molecule has 6 nitrogen and oxygen atoms in total. The molecule has 240 valence electrons. The average Bonchev–Trinajstić information content (AvgIpc) is 3.50. The summed E-state index contributed by atoms with van der Waals surface area (Å²) in [5, 5.41) is 36.5. The molecule has 5 aliphatic rings. The molecule has 1 aromatic carbocycles. The zero-order valence-electron chi connectivity index (χ0n) is 27.9. The van der Waals surface area contributed by atoms with Gasteiger partial charge in [0.1, 0.15) is 5.75 Å². The minimum atomic E-state index is -0.860. The molecule has 43 heavy (non-hydrogen) atoms. The fraction of sp³-hybridized carbons (Fsp3) is 0.811. The molecule has 1 amide bonds. The van der Waals surface area contributed by atoms with Gasteiger partial charge in [-0.05, 0) is 136 Å². The normalized spacial score (nSPS) is 47.3. The van der Waals surface area contributed by atoms with Crippen LogP contribution in [0.3, 0.4) is 0 Å². The molecule has 0 bridgehead atoms. The Kier molecular flexibility index (Phi) is 7.24. The number of aliphatic hydroxyl groups excluding tert-OH is 1. The van der Waals surface area contributed by atoms with E-state index in [0.717, 1.165) is 57.8 Å². The number of aliphatic hydroxyl groups is 2. The quantitative estimate of drug-likeness (QED) is 0.305. The van der Waals surface area contributed by atoms with Crippen molar-refractivity contribution in [3.63, 3.8) is 0 Å². The monoisotopic (exact) mass is 595 g/mol. The van der Waals surface area contributed by atoms with E-state index in [0.29, 0.717) is 23.3 Å². The zero-order chi connectivity index (χ0) is 31.4. The zero-order valence-corrected chi connectivity index (χ0v) is 27.9. The van der Waals surface area contributed by atoms with E-state index in [1.54, 1.807) is 24.3 Å². The lowest BCUT2D eigenvalue weighted by molar-refractivity contribution is -0.240. The van der Waals surface area contributed by atoms with Gasteiger partial charge in [0.2, 0.25) is 0 Å². The molecule has 11 atom stereocenters. The number of aromatic hydroxyl groups is 1. The molecule has 4 N–H and O–H groups in total. The number of nitrogens with one attached hydrogen (secondary N) is 1. The number of hydrogen-bond acceptors (Lipinski definition) is 5. The molecule has 6 heteroatoms. The topological polar surface area (TPSA) is 99.0 Å². The van der Waals surface area contributed by atoms with Crippen molar-refractivity contribution < 1.29 is 24.9 Å². The minimum absolute atomic E-state index is 0.0210. The molecule has 1 heterocycles. The third-order valence-corrected chi connectivity index (χ3v) is 14.8. The van der Waals surface area contributed by atoms with Crippen LogP contribution in [-0.4, -0.2) is 50.7 Å². The van der Waals surface area contributed by atoms with Gasteiger partial charge >= 0.3 is 0 Å². The summed E-state index contributed by atoms with van der Waals surface area (Å²) < 4.78 is 6.71. The van der Waals surface area contributed by atoms with Crippen molar-refractivity contribution in [2.24, 2.45) is 45.3 Å². The first-order valence-corrected chi connectivity index (χ1v) is 17.1. The molecule has 6 rings (SSSR count). The molecule has 1 saturated heterocycles. The first-order valence-electron chi connectivity index (χ1n) is 17.1. The molecule has 1 aliphatic heterocycles. The maximum absolute atomic E-state index is 13.3. The Balaban J connectivity index is 1.26. The lowest BCUT2D eigenvalue weighted by Gasteiger charge is -2.71. The lowest BCUT2D eigenvalue weighted by Crippen LogP contribution is -2.67. The average molecular weight is 596 g/mol. The minimum Gasteiger partial charge on any atom is -0.507 e. The fourth-order valence-electron chi connectivity index (χ4n) is 12.2. The molecule has 0 spiro atoms. The van der Waals surface area contributed by atoms with Gasteiger partial charge < -0.3 is 25.4 Å². The highest BCUT2D eigenvalue weighted by molar-refractivity contribution is 5.97. The smallest absolute Gasteiger partial charge is 0.255 e. The van der Waals surface area contributed by atoms with E-state index in [1.165, 1.54) is 0 Å². The Morgan fingerprint density at radius 3 is 2.23 bits per heavy atom.